The molecule has 0 spiro atoms. The van der Waals surface area contributed by atoms with Crippen LogP contribution in [0.5, 0.6) is 0 Å². The third kappa shape index (κ3) is 4.21. The fraction of sp³-hybridized carbons (Fsp3) is 0.226. The van der Waals surface area contributed by atoms with E-state index in [1.165, 1.54) is 25.8 Å². The van der Waals surface area contributed by atoms with Gasteiger partial charge in [-0.2, -0.15) is 0 Å². The van der Waals surface area contributed by atoms with Crippen molar-refractivity contribution in [2.45, 2.75) is 40.2 Å². The molecule has 0 aliphatic carbocycles. The Bertz CT molecular complexity index is 1360. The van der Waals surface area contributed by atoms with Gasteiger partial charge in [-0.1, -0.05) is 0 Å². The minimum atomic E-state index is -2.71. The van der Waals surface area contributed by atoms with Gasteiger partial charge in [-0.15, -0.1) is 0 Å². The molecule has 0 aliphatic rings. The van der Waals surface area contributed by atoms with Gasteiger partial charge in [0, 0.05) is 0 Å². The van der Waals surface area contributed by atoms with Crippen LogP contribution in [0.4, 0.5) is 5.82 Å². The Balaban J connectivity index is 1.99. The van der Waals surface area contributed by atoms with Gasteiger partial charge in [0.25, 0.3) is 0 Å². The number of rotatable bonds is 7. The Morgan fingerprint density at radius 1 is 0.722 bits per heavy atom. The summed E-state index contributed by atoms with van der Waals surface area (Å²) in [7, 11) is 0. The second-order valence-electron chi connectivity index (χ2n) is 10.7. The van der Waals surface area contributed by atoms with E-state index in [4.69, 9.17) is 10.1 Å². The molecule has 36 heavy (non-hydrogen) atoms. The summed E-state index contributed by atoms with van der Waals surface area (Å²) in [4.78, 5) is 12.1. The molecule has 0 amide bonds. The van der Waals surface area contributed by atoms with Gasteiger partial charge in [0.15, 0.2) is 0 Å². The molecule has 5 rings (SSSR count). The van der Waals surface area contributed by atoms with Gasteiger partial charge in [-0.05, 0) is 0 Å². The first-order valence-electron chi connectivity index (χ1n) is 12.7. The fourth-order valence-electron chi connectivity index (χ4n) is 5.13. The average molecular weight is 581 g/mol. The summed E-state index contributed by atoms with van der Waals surface area (Å²) in [5.41, 5.74) is 3.99. The van der Waals surface area contributed by atoms with E-state index in [0.29, 0.717) is 0 Å². The van der Waals surface area contributed by atoms with Crippen molar-refractivity contribution in [3.05, 3.63) is 120 Å². The molecule has 1 N–H and O–H groups in total. The fourth-order valence-corrected chi connectivity index (χ4v) is 9.12. The second kappa shape index (κ2) is 9.73. The van der Waals surface area contributed by atoms with Crippen LogP contribution in [-0.4, -0.2) is 39.2 Å². The summed E-state index contributed by atoms with van der Waals surface area (Å²) in [6.07, 6.45) is 1.92. The molecule has 0 fully saturated rings. The van der Waals surface area contributed by atoms with E-state index in [1.54, 1.807) is 0 Å². The first-order valence-corrected chi connectivity index (χ1v) is 22.6. The minimum absolute atomic E-state index is 0.275. The van der Waals surface area contributed by atoms with Crippen LogP contribution < -0.4 is 9.03 Å². The average Bonchev–Trinajstić information content (AvgIpc) is 3.28. The van der Waals surface area contributed by atoms with Crippen LogP contribution in [0.15, 0.2) is 103 Å². The third-order valence-corrected chi connectivity index (χ3v) is 11.7. The molecule has 0 saturated heterocycles. The molecule has 0 atom stereocenters. The first kappa shape index (κ1) is 24.6. The Kier molecular flexibility index (Phi) is 6.64. The summed E-state index contributed by atoms with van der Waals surface area (Å²) in [6.45, 7) is 4.32. The van der Waals surface area contributed by atoms with Gasteiger partial charge in [0.2, 0.25) is 0 Å². The molecule has 2 aromatic heterocycles. The Morgan fingerprint density at radius 3 is 1.61 bits per heavy atom. The first-order chi connectivity index (χ1) is 17.3. The third-order valence-electron chi connectivity index (χ3n) is 6.62. The normalized spacial score (nSPS) is 12.3. The van der Waals surface area contributed by atoms with E-state index in [-0.39, 0.29) is 6.04 Å². The van der Waals surface area contributed by atoms with Crippen molar-refractivity contribution in [3.63, 3.8) is 0 Å². The second-order valence-corrected chi connectivity index (χ2v) is 24.9. The SMILES string of the molecule is CC(C)Nc1nccc2c1[c]([Sn]([CH3])([CH3])[CH3])nn2C(c1ccccc1)(c1ccccc1)c1ccccc1. The van der Waals surface area contributed by atoms with Gasteiger partial charge >= 0.3 is 219 Å². The van der Waals surface area contributed by atoms with Crippen LogP contribution in [0, 0.1) is 0 Å². The predicted octanol–water partition coefficient (Wildman–Crippen LogP) is 6.64. The van der Waals surface area contributed by atoms with E-state index in [9.17, 15) is 0 Å². The Hall–Kier alpha value is -3.12. The van der Waals surface area contributed by atoms with Crippen molar-refractivity contribution in [2.75, 3.05) is 5.32 Å². The molecule has 0 radical (unpaired) electrons. The summed E-state index contributed by atoms with van der Waals surface area (Å²) in [5.74, 6) is 0.929. The Labute approximate surface area is 218 Å². The van der Waals surface area contributed by atoms with E-state index in [2.05, 4.69) is 136 Å². The van der Waals surface area contributed by atoms with Crippen molar-refractivity contribution < 1.29 is 0 Å². The molecule has 2 heterocycles. The molecule has 4 nitrogen and oxygen atoms in total. The molecule has 0 aliphatic heterocycles. The predicted molar refractivity (Wildman–Crippen MR) is 154 cm³/mol. The number of hydrogen-bond acceptors (Lipinski definition) is 3. The Morgan fingerprint density at radius 2 is 1.19 bits per heavy atom. The van der Waals surface area contributed by atoms with Gasteiger partial charge in [-0.3, -0.25) is 0 Å². The van der Waals surface area contributed by atoms with E-state index in [1.807, 2.05) is 6.20 Å². The van der Waals surface area contributed by atoms with Crippen molar-refractivity contribution in [1.29, 1.82) is 0 Å². The number of fused-ring (bicyclic) bond motifs is 1. The number of hydrogen-bond donors (Lipinski definition) is 1. The molecule has 0 unspecified atom stereocenters. The van der Waals surface area contributed by atoms with E-state index in [0.717, 1.165) is 11.3 Å². The van der Waals surface area contributed by atoms with Crippen molar-refractivity contribution in [1.82, 2.24) is 14.8 Å². The molecule has 5 heteroatoms. The topological polar surface area (TPSA) is 42.7 Å². The van der Waals surface area contributed by atoms with Gasteiger partial charge in [0.05, 0.1) is 0 Å². The number of aromatic nitrogens is 3. The molecule has 3 aromatic carbocycles. The standard InChI is InChI=1S/C28H25N4.3CH3.Sn/c1-21(2)31-27-25-20-30-32(26(25)18-19-29-27)28(22-12-6-3-7-13-22,23-14-8-4-9-15-23)24-16-10-5-11-17-24;;;;/h3-19,21H,1-2H3,(H,29,31);3*1H3;. The van der Waals surface area contributed by atoms with Gasteiger partial charge < -0.3 is 0 Å². The molecule has 5 aromatic rings. The molecular weight excluding hydrogens is 547 g/mol. The van der Waals surface area contributed by atoms with Crippen molar-refractivity contribution in [2.24, 2.45) is 0 Å². The number of nitrogens with zero attached hydrogens (tertiary/aromatic N) is 3. The number of anilines is 1. The van der Waals surface area contributed by atoms with E-state index < -0.39 is 23.9 Å². The van der Waals surface area contributed by atoms with Gasteiger partial charge in [0.1, 0.15) is 0 Å². The number of benzene rings is 3. The monoisotopic (exact) mass is 582 g/mol. The zero-order chi connectivity index (χ0) is 25.3. The molecule has 182 valence electrons. The zero-order valence-corrected chi connectivity index (χ0v) is 24.6. The molecule has 0 saturated carbocycles. The van der Waals surface area contributed by atoms with Crippen molar-refractivity contribution in [3.8, 4) is 0 Å². The van der Waals surface area contributed by atoms with Crippen LogP contribution >= 0.6 is 0 Å². The number of pyridine rings is 1. The van der Waals surface area contributed by atoms with Gasteiger partial charge in [-0.25, -0.2) is 0 Å². The number of nitrogens with one attached hydrogen (secondary N) is 1. The van der Waals surface area contributed by atoms with Crippen LogP contribution in [0.2, 0.25) is 14.8 Å². The van der Waals surface area contributed by atoms with Crippen LogP contribution in [0.3, 0.4) is 0 Å². The zero-order valence-electron chi connectivity index (χ0n) is 21.7. The summed E-state index contributed by atoms with van der Waals surface area (Å²) in [5, 5.41) is 10.3. The summed E-state index contributed by atoms with van der Waals surface area (Å²) in [6, 6.07) is 34.7. The molecular formula is C31H34N4Sn. The summed E-state index contributed by atoms with van der Waals surface area (Å²) < 4.78 is 3.52. The van der Waals surface area contributed by atoms with Crippen LogP contribution in [-0.2, 0) is 5.54 Å². The van der Waals surface area contributed by atoms with Crippen LogP contribution in [0.25, 0.3) is 10.9 Å². The van der Waals surface area contributed by atoms with Crippen molar-refractivity contribution >= 4 is 38.8 Å². The van der Waals surface area contributed by atoms with Crippen LogP contribution in [0.1, 0.15) is 30.5 Å². The quantitative estimate of drug-likeness (QED) is 0.173. The van der Waals surface area contributed by atoms with E-state index >= 15 is 0 Å². The summed E-state index contributed by atoms with van der Waals surface area (Å²) >= 11 is -2.71. The maximum atomic E-state index is 5.56. The maximum absolute atomic E-state index is 5.56. The molecule has 0 bridgehead atoms.